The standard InChI is InChI=1S/C25H22Cl2F3NO5S/c1-3-37(33,34)17-10-8-15(9-11-17)19(14-35-2)24(32)31-16-12-20(26)23(21(27)13-16)18-6-4-5-7-22(18)36-25(28,29)30/h4-13,19H,3,14H2,1-2H3,(H,31,32)/t19-/m1/s1. The fourth-order valence-corrected chi connectivity index (χ4v) is 5.16. The number of amides is 1. The second-order valence-corrected chi connectivity index (χ2v) is 10.9. The van der Waals surface area contributed by atoms with Crippen LogP contribution in [-0.4, -0.2) is 40.2 Å². The van der Waals surface area contributed by atoms with Crippen LogP contribution in [0, 0.1) is 0 Å². The highest BCUT2D eigenvalue weighted by molar-refractivity contribution is 7.91. The highest BCUT2D eigenvalue weighted by Gasteiger charge is 2.32. The number of halogens is 5. The number of nitrogens with one attached hydrogen (secondary N) is 1. The lowest BCUT2D eigenvalue weighted by molar-refractivity contribution is -0.274. The largest absolute Gasteiger partial charge is 0.573 e. The predicted molar refractivity (Wildman–Crippen MR) is 136 cm³/mol. The normalized spacial score (nSPS) is 12.7. The zero-order chi connectivity index (χ0) is 27.4. The van der Waals surface area contributed by atoms with Gasteiger partial charge in [-0.3, -0.25) is 4.79 Å². The zero-order valence-corrected chi connectivity index (χ0v) is 21.9. The number of methoxy groups -OCH3 is 1. The first kappa shape index (κ1) is 28.8. The third-order valence-corrected chi connectivity index (χ3v) is 7.71. The molecule has 0 radical (unpaired) electrons. The van der Waals surface area contributed by atoms with E-state index in [1.165, 1.54) is 68.6 Å². The molecule has 0 aliphatic heterocycles. The molecule has 3 aromatic carbocycles. The summed E-state index contributed by atoms with van der Waals surface area (Å²) in [6.45, 7) is 1.53. The first-order valence-corrected chi connectivity index (χ1v) is 13.2. The van der Waals surface area contributed by atoms with Gasteiger partial charge >= 0.3 is 6.36 Å². The predicted octanol–water partition coefficient (Wildman–Crippen LogP) is 6.72. The smallest absolute Gasteiger partial charge is 0.405 e. The van der Waals surface area contributed by atoms with E-state index in [1.54, 1.807) is 0 Å². The molecule has 1 atom stereocenters. The Morgan fingerprint density at radius 1 is 1.03 bits per heavy atom. The molecule has 0 unspecified atom stereocenters. The molecule has 1 amide bonds. The van der Waals surface area contributed by atoms with Gasteiger partial charge in [0.15, 0.2) is 9.84 Å². The number of carbonyl (C=O) groups excluding carboxylic acids is 1. The molecule has 1 N–H and O–H groups in total. The molecule has 0 saturated carbocycles. The third-order valence-electron chi connectivity index (χ3n) is 5.36. The van der Waals surface area contributed by atoms with Gasteiger partial charge in [0.2, 0.25) is 5.91 Å². The molecule has 0 aliphatic rings. The maximum Gasteiger partial charge on any atom is 0.573 e. The first-order chi connectivity index (χ1) is 17.4. The van der Waals surface area contributed by atoms with Crippen molar-refractivity contribution in [3.63, 3.8) is 0 Å². The van der Waals surface area contributed by atoms with Crippen molar-refractivity contribution < 1.29 is 35.9 Å². The summed E-state index contributed by atoms with van der Waals surface area (Å²) in [4.78, 5) is 13.2. The quantitative estimate of drug-likeness (QED) is 0.306. The number of benzene rings is 3. The molecule has 3 aromatic rings. The monoisotopic (exact) mass is 575 g/mol. The summed E-state index contributed by atoms with van der Waals surface area (Å²) in [6.07, 6.45) is -4.92. The number of alkyl halides is 3. The molecule has 0 saturated heterocycles. The van der Waals surface area contributed by atoms with Gasteiger partial charge in [-0.25, -0.2) is 8.42 Å². The summed E-state index contributed by atoms with van der Waals surface area (Å²) in [5.74, 6) is -1.84. The highest BCUT2D eigenvalue weighted by Crippen LogP contribution is 2.42. The van der Waals surface area contributed by atoms with Gasteiger partial charge in [-0.15, -0.1) is 13.2 Å². The molecule has 6 nitrogen and oxygen atoms in total. The summed E-state index contributed by atoms with van der Waals surface area (Å²) in [5, 5.41) is 2.65. The Kier molecular flexibility index (Phi) is 9.12. The molecule has 0 heterocycles. The van der Waals surface area contributed by atoms with Crippen molar-refractivity contribution in [3.8, 4) is 16.9 Å². The van der Waals surface area contributed by atoms with Gasteiger partial charge in [-0.2, -0.15) is 0 Å². The van der Waals surface area contributed by atoms with E-state index in [1.807, 2.05) is 0 Å². The number of sulfone groups is 1. The SMILES string of the molecule is CCS(=O)(=O)c1ccc([C@@H](COC)C(=O)Nc2cc(Cl)c(-c3ccccc3OC(F)(F)F)c(Cl)c2)cc1. The Labute approximate surface area is 222 Å². The van der Waals surface area contributed by atoms with Crippen LogP contribution in [0.15, 0.2) is 65.6 Å². The lowest BCUT2D eigenvalue weighted by Gasteiger charge is -2.19. The molecule has 198 valence electrons. The van der Waals surface area contributed by atoms with Crippen LogP contribution in [0.5, 0.6) is 5.75 Å². The fraction of sp³-hybridized carbons (Fsp3) is 0.240. The Morgan fingerprint density at radius 3 is 2.16 bits per heavy atom. The summed E-state index contributed by atoms with van der Waals surface area (Å²) in [6, 6.07) is 14.0. The van der Waals surface area contributed by atoms with Gasteiger partial charge in [0.05, 0.1) is 33.2 Å². The fourth-order valence-electron chi connectivity index (χ4n) is 3.58. The molecule has 37 heavy (non-hydrogen) atoms. The van der Waals surface area contributed by atoms with Crippen molar-refractivity contribution in [1.82, 2.24) is 0 Å². The summed E-state index contributed by atoms with van der Waals surface area (Å²) >= 11 is 12.7. The van der Waals surface area contributed by atoms with Gasteiger partial charge in [0, 0.05) is 23.9 Å². The van der Waals surface area contributed by atoms with E-state index in [0.29, 0.717) is 5.56 Å². The van der Waals surface area contributed by atoms with Crippen molar-refractivity contribution in [2.45, 2.75) is 24.1 Å². The van der Waals surface area contributed by atoms with E-state index in [2.05, 4.69) is 10.1 Å². The van der Waals surface area contributed by atoms with E-state index in [-0.39, 0.29) is 44.1 Å². The lowest BCUT2D eigenvalue weighted by atomic mass is 9.98. The molecule has 3 rings (SSSR count). The molecule has 12 heteroatoms. The summed E-state index contributed by atoms with van der Waals surface area (Å²) < 4.78 is 72.0. The van der Waals surface area contributed by atoms with E-state index < -0.39 is 33.8 Å². The Morgan fingerprint density at radius 2 is 1.62 bits per heavy atom. The van der Waals surface area contributed by atoms with Crippen LogP contribution in [0.1, 0.15) is 18.4 Å². The molecule has 0 fully saturated rings. The number of anilines is 1. The van der Waals surface area contributed by atoms with Crippen molar-refractivity contribution in [3.05, 3.63) is 76.3 Å². The minimum absolute atomic E-state index is 0.00654. The Hall–Kier alpha value is -2.79. The van der Waals surface area contributed by atoms with Crippen LogP contribution in [0.2, 0.25) is 10.0 Å². The number of ether oxygens (including phenoxy) is 2. The Balaban J connectivity index is 1.89. The molecule has 0 aromatic heterocycles. The second-order valence-electron chi connectivity index (χ2n) is 7.83. The Bertz CT molecular complexity index is 1360. The minimum atomic E-state index is -4.92. The number of rotatable bonds is 9. The average molecular weight is 576 g/mol. The maximum atomic E-state index is 13.1. The lowest BCUT2D eigenvalue weighted by Crippen LogP contribution is -2.24. The van der Waals surface area contributed by atoms with Crippen LogP contribution in [0.25, 0.3) is 11.1 Å². The number of carbonyl (C=O) groups is 1. The summed E-state index contributed by atoms with van der Waals surface area (Å²) in [7, 11) is -1.99. The van der Waals surface area contributed by atoms with E-state index in [9.17, 15) is 26.4 Å². The van der Waals surface area contributed by atoms with Crippen LogP contribution in [-0.2, 0) is 19.4 Å². The number of hydrogen-bond acceptors (Lipinski definition) is 5. The van der Waals surface area contributed by atoms with E-state index in [4.69, 9.17) is 27.9 Å². The minimum Gasteiger partial charge on any atom is -0.405 e. The molecule has 0 aliphatic carbocycles. The van der Waals surface area contributed by atoms with Crippen LogP contribution in [0.3, 0.4) is 0 Å². The van der Waals surface area contributed by atoms with Gasteiger partial charge in [-0.05, 0) is 35.9 Å². The number of para-hydroxylation sites is 1. The van der Waals surface area contributed by atoms with E-state index >= 15 is 0 Å². The second kappa shape index (κ2) is 11.7. The van der Waals surface area contributed by atoms with Crippen LogP contribution in [0.4, 0.5) is 18.9 Å². The molecular formula is C25H22Cl2F3NO5S. The van der Waals surface area contributed by atoms with Crippen LogP contribution < -0.4 is 10.1 Å². The topological polar surface area (TPSA) is 81.7 Å². The molecule has 0 spiro atoms. The van der Waals surface area contributed by atoms with Gasteiger partial charge in [0.25, 0.3) is 0 Å². The van der Waals surface area contributed by atoms with Crippen molar-refractivity contribution in [2.24, 2.45) is 0 Å². The van der Waals surface area contributed by atoms with Crippen molar-refractivity contribution in [2.75, 3.05) is 24.8 Å². The van der Waals surface area contributed by atoms with Crippen molar-refractivity contribution in [1.29, 1.82) is 0 Å². The van der Waals surface area contributed by atoms with Gasteiger partial charge < -0.3 is 14.8 Å². The maximum absolute atomic E-state index is 13.1. The molecule has 0 bridgehead atoms. The highest BCUT2D eigenvalue weighted by atomic mass is 35.5. The van der Waals surface area contributed by atoms with Crippen LogP contribution >= 0.6 is 23.2 Å². The zero-order valence-electron chi connectivity index (χ0n) is 19.6. The third kappa shape index (κ3) is 7.16. The average Bonchev–Trinajstić information content (AvgIpc) is 2.82. The van der Waals surface area contributed by atoms with Crippen molar-refractivity contribution >= 4 is 44.6 Å². The van der Waals surface area contributed by atoms with Gasteiger partial charge in [-0.1, -0.05) is 60.5 Å². The van der Waals surface area contributed by atoms with Gasteiger partial charge in [0.1, 0.15) is 5.75 Å². The molecular weight excluding hydrogens is 554 g/mol. The first-order valence-electron chi connectivity index (χ1n) is 10.8. The number of hydrogen-bond donors (Lipinski definition) is 1. The summed E-state index contributed by atoms with van der Waals surface area (Å²) in [5.41, 5.74) is 0.833. The van der Waals surface area contributed by atoms with E-state index in [0.717, 1.165) is 6.07 Å².